The van der Waals surface area contributed by atoms with Crippen molar-refractivity contribution in [3.05, 3.63) is 23.8 Å². The molecule has 0 saturated carbocycles. The van der Waals surface area contributed by atoms with Gasteiger partial charge in [0.1, 0.15) is 0 Å². The molecule has 0 aliphatic carbocycles. The Bertz CT molecular complexity index is 486. The van der Waals surface area contributed by atoms with Crippen LogP contribution in [0.15, 0.2) is 18.2 Å². The number of benzene rings is 1. The Labute approximate surface area is 113 Å². The first-order valence-electron chi connectivity index (χ1n) is 6.01. The molecule has 0 unspecified atom stereocenters. The second-order valence-electron chi connectivity index (χ2n) is 4.45. The van der Waals surface area contributed by atoms with Gasteiger partial charge in [-0.1, -0.05) is 0 Å². The molecule has 0 aromatic heterocycles. The Morgan fingerprint density at radius 1 is 1.26 bits per heavy atom. The van der Waals surface area contributed by atoms with E-state index in [0.717, 1.165) is 0 Å². The molecule has 19 heavy (non-hydrogen) atoms. The van der Waals surface area contributed by atoms with E-state index in [4.69, 9.17) is 11.5 Å². The topological polar surface area (TPSA) is 92.7 Å². The first-order valence-corrected chi connectivity index (χ1v) is 6.01. The van der Waals surface area contributed by atoms with E-state index in [0.29, 0.717) is 23.5 Å². The number of hydrogen-bond donors (Lipinski definition) is 2. The largest absolute Gasteiger partial charge is 0.397 e. The predicted molar refractivity (Wildman–Crippen MR) is 76.0 cm³/mol. The summed E-state index contributed by atoms with van der Waals surface area (Å²) in [5.41, 5.74) is 12.8. The van der Waals surface area contributed by atoms with Crippen molar-refractivity contribution in [2.45, 2.75) is 6.92 Å². The van der Waals surface area contributed by atoms with Gasteiger partial charge in [0.2, 0.25) is 5.91 Å². The fourth-order valence-corrected chi connectivity index (χ4v) is 1.76. The molecule has 0 aliphatic heterocycles. The zero-order chi connectivity index (χ0) is 14.6. The van der Waals surface area contributed by atoms with Crippen LogP contribution in [-0.4, -0.2) is 43.9 Å². The van der Waals surface area contributed by atoms with Crippen molar-refractivity contribution in [3.8, 4) is 0 Å². The van der Waals surface area contributed by atoms with Crippen molar-refractivity contribution in [2.24, 2.45) is 5.73 Å². The van der Waals surface area contributed by atoms with Crippen LogP contribution >= 0.6 is 0 Å². The molecule has 1 rings (SSSR count). The van der Waals surface area contributed by atoms with Crippen LogP contribution in [0.3, 0.4) is 0 Å². The highest BCUT2D eigenvalue weighted by atomic mass is 16.2. The molecule has 1 aromatic rings. The number of carbonyl (C=O) groups is 2. The van der Waals surface area contributed by atoms with Crippen molar-refractivity contribution < 1.29 is 9.59 Å². The van der Waals surface area contributed by atoms with Crippen molar-refractivity contribution >= 4 is 23.2 Å². The van der Waals surface area contributed by atoms with E-state index in [2.05, 4.69) is 0 Å². The maximum absolute atomic E-state index is 11.9. The molecule has 0 aliphatic rings. The van der Waals surface area contributed by atoms with Gasteiger partial charge in [-0.15, -0.1) is 0 Å². The number of amides is 2. The van der Waals surface area contributed by atoms with Gasteiger partial charge >= 0.3 is 0 Å². The lowest BCUT2D eigenvalue weighted by Crippen LogP contribution is -2.34. The lowest BCUT2D eigenvalue weighted by atomic mass is 10.1. The summed E-state index contributed by atoms with van der Waals surface area (Å²) in [6, 6.07) is 5.01. The van der Waals surface area contributed by atoms with E-state index in [1.54, 1.807) is 37.2 Å². The summed E-state index contributed by atoms with van der Waals surface area (Å²) in [6.45, 7) is 2.54. The van der Waals surface area contributed by atoms with E-state index in [1.807, 2.05) is 6.92 Å². The van der Waals surface area contributed by atoms with Crippen LogP contribution in [0, 0.1) is 0 Å². The van der Waals surface area contributed by atoms with Gasteiger partial charge in [-0.2, -0.15) is 0 Å². The summed E-state index contributed by atoms with van der Waals surface area (Å²) >= 11 is 0. The Balaban J connectivity index is 3.15. The van der Waals surface area contributed by atoms with Crippen molar-refractivity contribution in [1.82, 2.24) is 4.90 Å². The van der Waals surface area contributed by atoms with Crippen molar-refractivity contribution in [2.75, 3.05) is 37.8 Å². The number of rotatable bonds is 5. The lowest BCUT2D eigenvalue weighted by molar-refractivity contribution is -0.116. The summed E-state index contributed by atoms with van der Waals surface area (Å²) in [5, 5.41) is 0. The molecule has 0 heterocycles. The molecule has 0 bridgehead atoms. The minimum Gasteiger partial charge on any atom is -0.397 e. The minimum absolute atomic E-state index is 0.0698. The molecule has 0 spiro atoms. The van der Waals surface area contributed by atoms with E-state index < -0.39 is 5.91 Å². The smallest absolute Gasteiger partial charge is 0.253 e. The number of carbonyl (C=O) groups excluding carboxylic acids is 2. The van der Waals surface area contributed by atoms with Gasteiger partial charge in [-0.05, 0) is 25.1 Å². The molecule has 104 valence electrons. The summed E-state index contributed by atoms with van der Waals surface area (Å²) in [6.07, 6.45) is 0. The fourth-order valence-electron chi connectivity index (χ4n) is 1.76. The SMILES string of the molecule is CCN(CC(N)=O)c1cc(C(=O)N(C)C)ccc1N. The molecule has 2 amide bonds. The number of primary amides is 1. The predicted octanol–water partition coefficient (Wildman–Crippen LogP) is 0.282. The maximum Gasteiger partial charge on any atom is 0.253 e. The van der Waals surface area contributed by atoms with Crippen LogP contribution in [0.5, 0.6) is 0 Å². The summed E-state index contributed by atoms with van der Waals surface area (Å²) in [4.78, 5) is 26.2. The summed E-state index contributed by atoms with van der Waals surface area (Å²) in [5.74, 6) is -0.554. The lowest BCUT2D eigenvalue weighted by Gasteiger charge is -2.24. The van der Waals surface area contributed by atoms with E-state index in [-0.39, 0.29) is 12.5 Å². The molecular formula is C13H20N4O2. The quantitative estimate of drug-likeness (QED) is 0.747. The number of nitrogens with two attached hydrogens (primary N) is 2. The number of hydrogen-bond acceptors (Lipinski definition) is 4. The maximum atomic E-state index is 11.9. The van der Waals surface area contributed by atoms with Crippen LogP contribution in [0.1, 0.15) is 17.3 Å². The van der Waals surface area contributed by atoms with Gasteiger partial charge in [-0.25, -0.2) is 0 Å². The third-order valence-corrected chi connectivity index (χ3v) is 2.75. The third kappa shape index (κ3) is 3.61. The second-order valence-corrected chi connectivity index (χ2v) is 4.45. The second kappa shape index (κ2) is 6.08. The number of nitrogens with zero attached hydrogens (tertiary/aromatic N) is 2. The molecule has 0 fully saturated rings. The van der Waals surface area contributed by atoms with Crippen molar-refractivity contribution in [1.29, 1.82) is 0 Å². The standard InChI is InChI=1S/C13H20N4O2/c1-4-17(8-12(15)18)11-7-9(5-6-10(11)14)13(19)16(2)3/h5-7H,4,8,14H2,1-3H3,(H2,15,18). The average molecular weight is 264 g/mol. The Kier molecular flexibility index (Phi) is 4.74. The molecule has 4 N–H and O–H groups in total. The number of anilines is 2. The fraction of sp³-hybridized carbons (Fsp3) is 0.385. The van der Waals surface area contributed by atoms with Gasteiger partial charge in [0, 0.05) is 26.2 Å². The Hall–Kier alpha value is -2.24. The third-order valence-electron chi connectivity index (χ3n) is 2.75. The van der Waals surface area contributed by atoms with Gasteiger partial charge in [0.05, 0.1) is 17.9 Å². The monoisotopic (exact) mass is 264 g/mol. The van der Waals surface area contributed by atoms with Crippen LogP contribution in [0.2, 0.25) is 0 Å². The number of likely N-dealkylation sites (N-methyl/N-ethyl adjacent to an activating group) is 1. The highest BCUT2D eigenvalue weighted by molar-refractivity contribution is 5.96. The summed E-state index contributed by atoms with van der Waals surface area (Å²) < 4.78 is 0. The molecule has 6 nitrogen and oxygen atoms in total. The normalized spacial score (nSPS) is 10.1. The van der Waals surface area contributed by atoms with Gasteiger partial charge < -0.3 is 21.3 Å². The molecule has 0 radical (unpaired) electrons. The van der Waals surface area contributed by atoms with E-state index in [1.165, 1.54) is 4.90 Å². The first kappa shape index (κ1) is 14.8. The average Bonchev–Trinajstić information content (AvgIpc) is 2.35. The molecular weight excluding hydrogens is 244 g/mol. The Morgan fingerprint density at radius 2 is 1.89 bits per heavy atom. The van der Waals surface area contributed by atoms with E-state index in [9.17, 15) is 9.59 Å². The van der Waals surface area contributed by atoms with Crippen LogP contribution < -0.4 is 16.4 Å². The zero-order valence-corrected chi connectivity index (χ0v) is 11.5. The van der Waals surface area contributed by atoms with Crippen LogP contribution in [0.25, 0.3) is 0 Å². The first-order chi connectivity index (χ1) is 8.86. The zero-order valence-electron chi connectivity index (χ0n) is 11.5. The highest BCUT2D eigenvalue weighted by Crippen LogP contribution is 2.24. The van der Waals surface area contributed by atoms with Crippen LogP contribution in [0.4, 0.5) is 11.4 Å². The van der Waals surface area contributed by atoms with Gasteiger partial charge in [0.25, 0.3) is 5.91 Å². The summed E-state index contributed by atoms with van der Waals surface area (Å²) in [7, 11) is 3.36. The van der Waals surface area contributed by atoms with Crippen molar-refractivity contribution in [3.63, 3.8) is 0 Å². The van der Waals surface area contributed by atoms with Crippen LogP contribution in [-0.2, 0) is 4.79 Å². The van der Waals surface area contributed by atoms with E-state index >= 15 is 0 Å². The Morgan fingerprint density at radius 3 is 2.37 bits per heavy atom. The van der Waals surface area contributed by atoms with Gasteiger partial charge in [0.15, 0.2) is 0 Å². The molecule has 1 aromatic carbocycles. The molecule has 0 saturated heterocycles. The van der Waals surface area contributed by atoms with Gasteiger partial charge in [-0.3, -0.25) is 9.59 Å². The minimum atomic E-state index is -0.439. The molecule has 6 heteroatoms. The highest BCUT2D eigenvalue weighted by Gasteiger charge is 2.15. The number of nitrogen functional groups attached to an aromatic ring is 1. The molecule has 0 atom stereocenters.